The highest BCUT2D eigenvalue weighted by atomic mass is 14.3. The number of rotatable bonds is 4. The summed E-state index contributed by atoms with van der Waals surface area (Å²) in [6, 6.07) is 10.5. The SMILES string of the molecule is C=CCC(C)(C(=C)C)c1ccccc1. The maximum atomic E-state index is 4.07. The van der Waals surface area contributed by atoms with E-state index in [0.29, 0.717) is 0 Å². The highest BCUT2D eigenvalue weighted by molar-refractivity contribution is 5.34. The van der Waals surface area contributed by atoms with Crippen LogP contribution in [-0.2, 0) is 5.41 Å². The van der Waals surface area contributed by atoms with E-state index in [1.54, 1.807) is 0 Å². The van der Waals surface area contributed by atoms with Crippen LogP contribution in [0.4, 0.5) is 0 Å². The third-order valence-electron chi connectivity index (χ3n) is 2.91. The van der Waals surface area contributed by atoms with Crippen LogP contribution in [0.15, 0.2) is 55.1 Å². The first-order chi connectivity index (χ1) is 6.61. The summed E-state index contributed by atoms with van der Waals surface area (Å²) >= 11 is 0. The third-order valence-corrected chi connectivity index (χ3v) is 2.91. The van der Waals surface area contributed by atoms with Gasteiger partial charge in [0.05, 0.1) is 0 Å². The van der Waals surface area contributed by atoms with Crippen molar-refractivity contribution in [2.75, 3.05) is 0 Å². The van der Waals surface area contributed by atoms with Crippen molar-refractivity contribution in [2.45, 2.75) is 25.7 Å². The molecule has 0 spiro atoms. The highest BCUT2D eigenvalue weighted by Gasteiger charge is 2.25. The lowest BCUT2D eigenvalue weighted by Gasteiger charge is -2.29. The number of allylic oxidation sites excluding steroid dienone is 2. The molecule has 0 radical (unpaired) electrons. The van der Waals surface area contributed by atoms with Crippen molar-refractivity contribution >= 4 is 0 Å². The Bertz CT molecular complexity index is 321. The molecule has 1 unspecified atom stereocenters. The molecule has 74 valence electrons. The average Bonchev–Trinajstić information content (AvgIpc) is 2.19. The topological polar surface area (TPSA) is 0 Å². The average molecular weight is 186 g/mol. The van der Waals surface area contributed by atoms with Crippen LogP contribution in [0.1, 0.15) is 25.8 Å². The fourth-order valence-corrected chi connectivity index (χ4v) is 1.63. The summed E-state index contributed by atoms with van der Waals surface area (Å²) in [5.74, 6) is 0. The Hall–Kier alpha value is -1.30. The maximum Gasteiger partial charge on any atom is 0.0162 e. The molecule has 1 atom stereocenters. The summed E-state index contributed by atoms with van der Waals surface area (Å²) in [6.45, 7) is 12.2. The van der Waals surface area contributed by atoms with Crippen molar-refractivity contribution in [1.82, 2.24) is 0 Å². The molecular weight excluding hydrogens is 168 g/mol. The second-order valence-electron chi connectivity index (χ2n) is 3.97. The molecular formula is C14H18. The van der Waals surface area contributed by atoms with Crippen LogP contribution < -0.4 is 0 Å². The first-order valence-electron chi connectivity index (χ1n) is 4.93. The summed E-state index contributed by atoms with van der Waals surface area (Å²) in [7, 11) is 0. The Kier molecular flexibility index (Phi) is 3.29. The van der Waals surface area contributed by atoms with Gasteiger partial charge in [0, 0.05) is 5.41 Å². The van der Waals surface area contributed by atoms with Crippen LogP contribution >= 0.6 is 0 Å². The molecule has 1 aromatic rings. The van der Waals surface area contributed by atoms with E-state index in [9.17, 15) is 0 Å². The Morgan fingerprint density at radius 3 is 2.36 bits per heavy atom. The van der Waals surface area contributed by atoms with E-state index in [0.717, 1.165) is 6.42 Å². The van der Waals surface area contributed by atoms with Crippen LogP contribution in [-0.4, -0.2) is 0 Å². The standard InChI is InChI=1S/C14H18/c1-5-11-14(4,12(2)3)13-9-7-6-8-10-13/h5-10H,1-2,11H2,3-4H3. The minimum atomic E-state index is 0.0308. The van der Waals surface area contributed by atoms with E-state index in [4.69, 9.17) is 0 Å². The minimum absolute atomic E-state index is 0.0308. The van der Waals surface area contributed by atoms with Gasteiger partial charge in [-0.2, -0.15) is 0 Å². The summed E-state index contributed by atoms with van der Waals surface area (Å²) in [6.07, 6.45) is 2.90. The predicted octanol–water partition coefficient (Wildman–Crippen LogP) is 4.10. The van der Waals surface area contributed by atoms with Gasteiger partial charge < -0.3 is 0 Å². The molecule has 0 aliphatic rings. The van der Waals surface area contributed by atoms with Gasteiger partial charge in [0.1, 0.15) is 0 Å². The minimum Gasteiger partial charge on any atom is -0.103 e. The predicted molar refractivity (Wildman–Crippen MR) is 63.4 cm³/mol. The van der Waals surface area contributed by atoms with E-state index >= 15 is 0 Å². The van der Waals surface area contributed by atoms with Crippen LogP contribution in [0.25, 0.3) is 0 Å². The fraction of sp³-hybridized carbons (Fsp3) is 0.286. The Morgan fingerprint density at radius 1 is 1.36 bits per heavy atom. The zero-order chi connectivity index (χ0) is 10.6. The van der Waals surface area contributed by atoms with E-state index in [1.165, 1.54) is 11.1 Å². The van der Waals surface area contributed by atoms with Crippen LogP contribution in [0.3, 0.4) is 0 Å². The summed E-state index contributed by atoms with van der Waals surface area (Å²) in [5.41, 5.74) is 2.53. The van der Waals surface area contributed by atoms with E-state index in [-0.39, 0.29) is 5.41 Å². The van der Waals surface area contributed by atoms with E-state index < -0.39 is 0 Å². The first kappa shape index (κ1) is 10.8. The van der Waals surface area contributed by atoms with Crippen molar-refractivity contribution in [3.63, 3.8) is 0 Å². The zero-order valence-corrected chi connectivity index (χ0v) is 9.09. The van der Waals surface area contributed by atoms with E-state index in [2.05, 4.69) is 51.3 Å². The number of hydrogen-bond acceptors (Lipinski definition) is 0. The van der Waals surface area contributed by atoms with Crippen LogP contribution in [0, 0.1) is 0 Å². The Labute approximate surface area is 87.0 Å². The van der Waals surface area contributed by atoms with Gasteiger partial charge in [0.25, 0.3) is 0 Å². The molecule has 0 aliphatic heterocycles. The van der Waals surface area contributed by atoms with Gasteiger partial charge in [0.15, 0.2) is 0 Å². The van der Waals surface area contributed by atoms with Gasteiger partial charge in [-0.05, 0) is 18.9 Å². The van der Waals surface area contributed by atoms with Crippen molar-refractivity contribution in [2.24, 2.45) is 0 Å². The molecule has 0 saturated carbocycles. The Morgan fingerprint density at radius 2 is 1.93 bits per heavy atom. The molecule has 1 rings (SSSR count). The van der Waals surface area contributed by atoms with Crippen LogP contribution in [0.2, 0.25) is 0 Å². The van der Waals surface area contributed by atoms with Gasteiger partial charge in [-0.3, -0.25) is 0 Å². The van der Waals surface area contributed by atoms with E-state index in [1.807, 2.05) is 12.1 Å². The first-order valence-corrected chi connectivity index (χ1v) is 4.93. The normalized spacial score (nSPS) is 14.4. The molecule has 0 saturated heterocycles. The molecule has 14 heavy (non-hydrogen) atoms. The molecule has 0 N–H and O–H groups in total. The molecule has 0 nitrogen and oxygen atoms in total. The highest BCUT2D eigenvalue weighted by Crippen LogP contribution is 2.34. The summed E-state index contributed by atoms with van der Waals surface area (Å²) in [5, 5.41) is 0. The number of hydrogen-bond donors (Lipinski definition) is 0. The van der Waals surface area contributed by atoms with Gasteiger partial charge >= 0.3 is 0 Å². The fourth-order valence-electron chi connectivity index (χ4n) is 1.63. The second-order valence-corrected chi connectivity index (χ2v) is 3.97. The summed E-state index contributed by atoms with van der Waals surface area (Å²) < 4.78 is 0. The van der Waals surface area contributed by atoms with Gasteiger partial charge in [-0.1, -0.05) is 55.5 Å². The molecule has 0 heteroatoms. The summed E-state index contributed by atoms with van der Waals surface area (Å²) in [4.78, 5) is 0. The smallest absolute Gasteiger partial charge is 0.0162 e. The molecule has 0 amide bonds. The molecule has 0 heterocycles. The van der Waals surface area contributed by atoms with Crippen molar-refractivity contribution in [1.29, 1.82) is 0 Å². The van der Waals surface area contributed by atoms with Crippen molar-refractivity contribution in [3.8, 4) is 0 Å². The quantitative estimate of drug-likeness (QED) is 0.621. The molecule has 0 fully saturated rings. The maximum absolute atomic E-state index is 4.07. The lowest BCUT2D eigenvalue weighted by Crippen LogP contribution is -2.21. The van der Waals surface area contributed by atoms with Gasteiger partial charge in [-0.25, -0.2) is 0 Å². The van der Waals surface area contributed by atoms with Crippen molar-refractivity contribution < 1.29 is 0 Å². The monoisotopic (exact) mass is 186 g/mol. The molecule has 0 aromatic heterocycles. The van der Waals surface area contributed by atoms with Gasteiger partial charge in [-0.15, -0.1) is 6.58 Å². The van der Waals surface area contributed by atoms with Gasteiger partial charge in [0.2, 0.25) is 0 Å². The largest absolute Gasteiger partial charge is 0.103 e. The number of benzene rings is 1. The molecule has 0 aliphatic carbocycles. The van der Waals surface area contributed by atoms with Crippen molar-refractivity contribution in [3.05, 3.63) is 60.7 Å². The lowest BCUT2D eigenvalue weighted by atomic mass is 9.74. The second kappa shape index (κ2) is 4.28. The lowest BCUT2D eigenvalue weighted by molar-refractivity contribution is 0.568. The Balaban J connectivity index is 3.12. The third kappa shape index (κ3) is 1.95. The zero-order valence-electron chi connectivity index (χ0n) is 9.09. The molecule has 1 aromatic carbocycles. The van der Waals surface area contributed by atoms with Crippen LogP contribution in [0.5, 0.6) is 0 Å². The molecule has 0 bridgehead atoms.